The molecular weight excluding hydrogens is 234 g/mol. The van der Waals surface area contributed by atoms with Gasteiger partial charge in [0.05, 0.1) is 6.07 Å². The van der Waals surface area contributed by atoms with Gasteiger partial charge in [0.1, 0.15) is 0 Å². The molecule has 2 aromatic rings. The lowest BCUT2D eigenvalue weighted by Crippen LogP contribution is -1.63. The van der Waals surface area contributed by atoms with Crippen molar-refractivity contribution in [1.82, 2.24) is 0 Å². The molecule has 0 radical (unpaired) electrons. The van der Waals surface area contributed by atoms with Crippen molar-refractivity contribution in [2.75, 3.05) is 0 Å². The molecule has 2 nitrogen and oxygen atoms in total. The predicted octanol–water partition coefficient (Wildman–Crippen LogP) is 4.82. The Morgan fingerprint density at radius 2 is 1.37 bits per heavy atom. The Balaban J connectivity index is 0.000000151. The number of para-hydroxylation sites is 2. The van der Waals surface area contributed by atoms with Gasteiger partial charge in [-0.3, -0.25) is 0 Å². The van der Waals surface area contributed by atoms with Gasteiger partial charge in [-0.25, -0.2) is 0 Å². The minimum atomic E-state index is 1.03. The molecule has 0 unspecified atom stereocenters. The fraction of sp³-hybridized carbons (Fsp3) is 0. The van der Waals surface area contributed by atoms with E-state index in [2.05, 4.69) is 13.2 Å². The lowest BCUT2D eigenvalue weighted by molar-refractivity contribution is 0.650. The largest absolute Gasteiger partial charge is 0.450 e. The first-order valence-corrected chi connectivity index (χ1v) is 5.76. The molecule has 0 saturated carbocycles. The quantitative estimate of drug-likeness (QED) is 0.458. The van der Waals surface area contributed by atoms with Gasteiger partial charge >= 0.3 is 0 Å². The summed E-state index contributed by atoms with van der Waals surface area (Å²) in [5, 5.41) is 7.51. The summed E-state index contributed by atoms with van der Waals surface area (Å²) in [5.41, 5.74) is 1.17. The number of nitrogens with zero attached hydrogens (tertiary/aromatic N) is 1. The van der Waals surface area contributed by atoms with Crippen molar-refractivity contribution in [3.63, 3.8) is 0 Å². The van der Waals surface area contributed by atoms with Gasteiger partial charge in [-0.05, 0) is 17.7 Å². The number of hydrogen-bond acceptors (Lipinski definition) is 2. The molecule has 0 bridgehead atoms. The van der Waals surface area contributed by atoms with Crippen molar-refractivity contribution in [3.05, 3.63) is 79.4 Å². The number of allylic oxidation sites excluding steroid dienone is 1. The molecule has 1 heterocycles. The van der Waals surface area contributed by atoms with Gasteiger partial charge in [0, 0.05) is 6.08 Å². The number of ether oxygens (including phenoxy) is 1. The lowest BCUT2D eigenvalue weighted by Gasteiger charge is -1.85. The number of fused-ring (bicyclic) bond motifs is 1. The molecule has 94 valence electrons. The maximum Gasteiger partial charge on any atom is 0.170 e. The fourth-order valence-corrected chi connectivity index (χ4v) is 1.20. The van der Waals surface area contributed by atoms with E-state index >= 15 is 0 Å². The van der Waals surface area contributed by atoms with Gasteiger partial charge < -0.3 is 4.74 Å². The van der Waals surface area contributed by atoms with E-state index in [0.717, 1.165) is 11.5 Å². The second kappa shape index (κ2) is 8.32. The van der Waals surface area contributed by atoms with Gasteiger partial charge in [-0.2, -0.15) is 5.26 Å². The molecule has 0 atom stereocenters. The average molecular weight is 249 g/mol. The molecule has 0 fully saturated rings. The van der Waals surface area contributed by atoms with Crippen LogP contribution in [-0.2, 0) is 0 Å². The first-order valence-electron chi connectivity index (χ1n) is 5.76. The average Bonchev–Trinajstić information content (AvgIpc) is 3.28. The van der Waals surface area contributed by atoms with Crippen LogP contribution in [-0.4, -0.2) is 0 Å². The highest BCUT2D eigenvalue weighted by Crippen LogP contribution is 2.43. The topological polar surface area (TPSA) is 36.3 Å². The minimum Gasteiger partial charge on any atom is -0.450 e. The van der Waals surface area contributed by atoms with E-state index in [1.54, 1.807) is 6.07 Å². The maximum absolute atomic E-state index is 7.51. The van der Waals surface area contributed by atoms with Crippen molar-refractivity contribution in [2.24, 2.45) is 0 Å². The van der Waals surface area contributed by atoms with Crippen LogP contribution in [0.3, 0.4) is 0 Å². The molecule has 19 heavy (non-hydrogen) atoms. The highest BCUT2D eigenvalue weighted by molar-refractivity contribution is 5.53. The normalized spacial score (nSPS) is 8.79. The Kier molecular flexibility index (Phi) is 6.25. The Morgan fingerprint density at radius 3 is 1.68 bits per heavy atom. The molecule has 0 N–H and O–H groups in total. The van der Waals surface area contributed by atoms with E-state index in [-0.39, 0.29) is 0 Å². The SMILES string of the molecule is C=CC#N.C=Cc1ccccc1.c1ccc2c(c1)O2. The van der Waals surface area contributed by atoms with E-state index in [1.807, 2.05) is 60.7 Å². The van der Waals surface area contributed by atoms with E-state index in [1.165, 1.54) is 11.6 Å². The van der Waals surface area contributed by atoms with Crippen LogP contribution >= 0.6 is 0 Å². The highest BCUT2D eigenvalue weighted by atomic mass is 16.6. The van der Waals surface area contributed by atoms with Crippen molar-refractivity contribution in [2.45, 2.75) is 0 Å². The third kappa shape index (κ3) is 5.90. The van der Waals surface area contributed by atoms with Gasteiger partial charge in [0.25, 0.3) is 0 Å². The van der Waals surface area contributed by atoms with Crippen LogP contribution in [0.1, 0.15) is 5.56 Å². The molecule has 3 rings (SSSR count). The van der Waals surface area contributed by atoms with E-state index < -0.39 is 0 Å². The summed E-state index contributed by atoms with van der Waals surface area (Å²) in [4.78, 5) is 0. The summed E-state index contributed by atoms with van der Waals surface area (Å²) in [6.45, 7) is 6.75. The van der Waals surface area contributed by atoms with Crippen molar-refractivity contribution >= 4 is 6.08 Å². The summed E-state index contributed by atoms with van der Waals surface area (Å²) < 4.78 is 4.94. The first-order chi connectivity index (χ1) is 9.31. The summed E-state index contributed by atoms with van der Waals surface area (Å²) in [5.74, 6) is 2.06. The predicted molar refractivity (Wildman–Crippen MR) is 78.9 cm³/mol. The van der Waals surface area contributed by atoms with Gasteiger partial charge in [0.15, 0.2) is 11.5 Å². The molecule has 1 aliphatic heterocycles. The Morgan fingerprint density at radius 1 is 0.895 bits per heavy atom. The Labute approximate surface area is 113 Å². The smallest absolute Gasteiger partial charge is 0.170 e. The van der Waals surface area contributed by atoms with E-state index in [0.29, 0.717) is 0 Å². The number of benzene rings is 2. The third-order valence-corrected chi connectivity index (χ3v) is 2.15. The molecule has 1 aliphatic rings. The van der Waals surface area contributed by atoms with Crippen LogP contribution in [0.2, 0.25) is 0 Å². The molecule has 0 spiro atoms. The van der Waals surface area contributed by atoms with Crippen molar-refractivity contribution in [3.8, 4) is 17.6 Å². The van der Waals surface area contributed by atoms with E-state index in [4.69, 9.17) is 10.00 Å². The summed E-state index contributed by atoms with van der Waals surface area (Å²) in [6.07, 6.45) is 3.01. The Bertz CT molecular complexity index is 546. The van der Waals surface area contributed by atoms with Gasteiger partial charge in [-0.15, -0.1) is 0 Å². The second-order valence-corrected chi connectivity index (χ2v) is 3.50. The Hall–Kier alpha value is -2.79. The zero-order valence-electron chi connectivity index (χ0n) is 10.6. The van der Waals surface area contributed by atoms with Crippen molar-refractivity contribution in [1.29, 1.82) is 5.26 Å². The molecule has 2 heteroatoms. The maximum atomic E-state index is 7.51. The molecule has 0 amide bonds. The fourth-order valence-electron chi connectivity index (χ4n) is 1.20. The van der Waals surface area contributed by atoms with Crippen LogP contribution < -0.4 is 4.74 Å². The third-order valence-electron chi connectivity index (χ3n) is 2.15. The van der Waals surface area contributed by atoms with Crippen LogP contribution in [0, 0.1) is 11.3 Å². The highest BCUT2D eigenvalue weighted by Gasteiger charge is 2.15. The molecular formula is C17H15NO. The zero-order chi connectivity index (χ0) is 13.9. The second-order valence-electron chi connectivity index (χ2n) is 3.50. The van der Waals surface area contributed by atoms with E-state index in [9.17, 15) is 0 Å². The zero-order valence-corrected chi connectivity index (χ0v) is 10.6. The summed E-state index contributed by atoms with van der Waals surface area (Å²) in [6, 6.07) is 19.6. The standard InChI is InChI=1S/C8H8.C6H4O.C3H3N/c1-2-8-6-4-3-5-7-8;1-2-4-6-5(3-1)7-6;1-2-3-4/h2-7H,1H2;1-4H;2H,1H2. The summed E-state index contributed by atoms with van der Waals surface area (Å²) in [7, 11) is 0. The first kappa shape index (κ1) is 14.3. The number of hydrogen-bond donors (Lipinski definition) is 0. The monoisotopic (exact) mass is 249 g/mol. The molecule has 0 saturated heterocycles. The van der Waals surface area contributed by atoms with Crippen LogP contribution in [0.25, 0.3) is 6.08 Å². The minimum absolute atomic E-state index is 1.03. The molecule has 2 aromatic carbocycles. The number of nitriles is 1. The molecule has 0 aromatic heterocycles. The van der Waals surface area contributed by atoms with Crippen LogP contribution in [0.4, 0.5) is 0 Å². The van der Waals surface area contributed by atoms with Crippen LogP contribution in [0.5, 0.6) is 11.5 Å². The van der Waals surface area contributed by atoms with Crippen LogP contribution in [0.15, 0.2) is 73.8 Å². The molecule has 0 aliphatic carbocycles. The lowest BCUT2D eigenvalue weighted by atomic mass is 10.2. The summed E-state index contributed by atoms with van der Waals surface area (Å²) >= 11 is 0. The van der Waals surface area contributed by atoms with Crippen molar-refractivity contribution < 1.29 is 4.74 Å². The van der Waals surface area contributed by atoms with Gasteiger partial charge in [0.2, 0.25) is 0 Å². The van der Waals surface area contributed by atoms with Gasteiger partial charge in [-0.1, -0.05) is 61.7 Å². The number of rotatable bonds is 1.